The minimum Gasteiger partial charge on any atom is -0.462 e. The van der Waals surface area contributed by atoms with E-state index >= 15 is 0 Å². The van der Waals surface area contributed by atoms with Gasteiger partial charge in [0.25, 0.3) is 5.91 Å². The van der Waals surface area contributed by atoms with Crippen LogP contribution >= 0.6 is 0 Å². The zero-order valence-electron chi connectivity index (χ0n) is 20.7. The van der Waals surface area contributed by atoms with Crippen LogP contribution in [0.5, 0.6) is 0 Å². The standard InChI is InChI=1S/C31H32N2O3/c1-2-36-31(35)24-15-18-26-27(20-24)33-30(34)28(26)29(23-11-7-4-8-12-23)32-25-16-13-22(14-17-25)19-21-9-5-3-6-10-21/h4,7-8,11-18,20-21,32H,2-3,5-6,9-10,19H2,1H3,(H,33,34). The minimum absolute atomic E-state index is 0.203. The number of fused-ring (bicyclic) bond motifs is 1. The third kappa shape index (κ3) is 5.20. The van der Waals surface area contributed by atoms with Gasteiger partial charge in [-0.05, 0) is 54.7 Å². The van der Waals surface area contributed by atoms with E-state index in [1.807, 2.05) is 36.4 Å². The van der Waals surface area contributed by atoms with Crippen molar-refractivity contribution in [1.82, 2.24) is 0 Å². The number of amides is 1. The predicted octanol–water partition coefficient (Wildman–Crippen LogP) is 6.92. The van der Waals surface area contributed by atoms with Crippen LogP contribution in [0.25, 0.3) is 11.3 Å². The molecule has 1 amide bonds. The molecule has 0 spiro atoms. The highest BCUT2D eigenvalue weighted by atomic mass is 16.5. The lowest BCUT2D eigenvalue weighted by Gasteiger charge is -2.21. The normalized spacial score (nSPS) is 16.8. The lowest BCUT2D eigenvalue weighted by molar-refractivity contribution is -0.110. The van der Waals surface area contributed by atoms with E-state index in [2.05, 4.69) is 34.9 Å². The van der Waals surface area contributed by atoms with Crippen LogP contribution < -0.4 is 10.6 Å². The van der Waals surface area contributed by atoms with Gasteiger partial charge in [-0.25, -0.2) is 4.79 Å². The molecule has 184 valence electrons. The Labute approximate surface area is 212 Å². The van der Waals surface area contributed by atoms with E-state index in [9.17, 15) is 9.59 Å². The van der Waals surface area contributed by atoms with Gasteiger partial charge in [0.1, 0.15) is 0 Å². The molecular weight excluding hydrogens is 448 g/mol. The first-order chi connectivity index (χ1) is 17.6. The zero-order valence-corrected chi connectivity index (χ0v) is 20.7. The van der Waals surface area contributed by atoms with Gasteiger partial charge >= 0.3 is 5.97 Å². The van der Waals surface area contributed by atoms with Crippen molar-refractivity contribution in [2.24, 2.45) is 5.92 Å². The van der Waals surface area contributed by atoms with Crippen molar-refractivity contribution in [3.63, 3.8) is 0 Å². The van der Waals surface area contributed by atoms with Crippen molar-refractivity contribution in [3.05, 3.63) is 95.1 Å². The molecule has 5 rings (SSSR count). The molecule has 2 N–H and O–H groups in total. The number of ether oxygens (including phenoxy) is 1. The summed E-state index contributed by atoms with van der Waals surface area (Å²) in [6.45, 7) is 2.07. The summed E-state index contributed by atoms with van der Waals surface area (Å²) in [6.07, 6.45) is 7.86. The Balaban J connectivity index is 1.46. The van der Waals surface area contributed by atoms with E-state index < -0.39 is 5.97 Å². The Morgan fingerprint density at radius 2 is 1.69 bits per heavy atom. The van der Waals surface area contributed by atoms with E-state index in [0.29, 0.717) is 23.4 Å². The summed E-state index contributed by atoms with van der Waals surface area (Å²) in [6, 6.07) is 23.6. The van der Waals surface area contributed by atoms with Gasteiger partial charge in [-0.15, -0.1) is 0 Å². The van der Waals surface area contributed by atoms with Crippen LogP contribution in [-0.4, -0.2) is 18.5 Å². The lowest BCUT2D eigenvalue weighted by Crippen LogP contribution is -2.10. The largest absolute Gasteiger partial charge is 0.462 e. The minimum atomic E-state index is -0.401. The molecule has 1 aliphatic heterocycles. The summed E-state index contributed by atoms with van der Waals surface area (Å²) in [4.78, 5) is 25.4. The van der Waals surface area contributed by atoms with Crippen molar-refractivity contribution in [1.29, 1.82) is 0 Å². The molecule has 2 aliphatic rings. The van der Waals surface area contributed by atoms with Crippen LogP contribution in [0.3, 0.4) is 0 Å². The van der Waals surface area contributed by atoms with E-state index in [1.165, 1.54) is 37.7 Å². The molecule has 1 fully saturated rings. The van der Waals surface area contributed by atoms with Gasteiger partial charge in [-0.2, -0.15) is 0 Å². The van der Waals surface area contributed by atoms with Gasteiger partial charge in [0, 0.05) is 11.3 Å². The Kier molecular flexibility index (Phi) is 7.17. The average Bonchev–Trinajstić information content (AvgIpc) is 3.24. The first kappa shape index (κ1) is 23.9. The summed E-state index contributed by atoms with van der Waals surface area (Å²) >= 11 is 0. The molecular formula is C31H32N2O3. The molecule has 0 radical (unpaired) electrons. The number of esters is 1. The Morgan fingerprint density at radius 3 is 2.42 bits per heavy atom. The fourth-order valence-electron chi connectivity index (χ4n) is 5.24. The van der Waals surface area contributed by atoms with Gasteiger partial charge in [0.2, 0.25) is 0 Å². The average molecular weight is 481 g/mol. The van der Waals surface area contributed by atoms with E-state index in [4.69, 9.17) is 4.74 Å². The molecule has 0 atom stereocenters. The van der Waals surface area contributed by atoms with Gasteiger partial charge in [-0.3, -0.25) is 4.79 Å². The maximum absolute atomic E-state index is 13.2. The molecule has 3 aromatic rings. The van der Waals surface area contributed by atoms with Crippen molar-refractivity contribution < 1.29 is 14.3 Å². The van der Waals surface area contributed by atoms with Crippen LogP contribution in [0.2, 0.25) is 0 Å². The maximum Gasteiger partial charge on any atom is 0.338 e. The molecule has 0 saturated heterocycles. The monoisotopic (exact) mass is 480 g/mol. The fraction of sp³-hybridized carbons (Fsp3) is 0.290. The number of carbonyl (C=O) groups excluding carboxylic acids is 2. The van der Waals surface area contributed by atoms with Crippen molar-refractivity contribution >= 4 is 34.5 Å². The Bertz CT molecular complexity index is 1270. The molecule has 0 unspecified atom stereocenters. The molecule has 3 aromatic carbocycles. The molecule has 0 aromatic heterocycles. The second-order valence-corrected chi connectivity index (χ2v) is 9.58. The van der Waals surface area contributed by atoms with E-state index in [0.717, 1.165) is 34.9 Å². The highest BCUT2D eigenvalue weighted by molar-refractivity contribution is 6.37. The zero-order chi connectivity index (χ0) is 24.9. The number of hydrogen-bond acceptors (Lipinski definition) is 4. The van der Waals surface area contributed by atoms with Crippen LogP contribution in [0.15, 0.2) is 72.8 Å². The molecule has 36 heavy (non-hydrogen) atoms. The summed E-state index contributed by atoms with van der Waals surface area (Å²) in [5.41, 5.74) is 6.27. The Hall–Kier alpha value is -3.86. The lowest BCUT2D eigenvalue weighted by atomic mass is 9.85. The van der Waals surface area contributed by atoms with Crippen molar-refractivity contribution in [2.75, 3.05) is 17.2 Å². The summed E-state index contributed by atoms with van der Waals surface area (Å²) in [5, 5.41) is 6.46. The smallest absolute Gasteiger partial charge is 0.338 e. The first-order valence-corrected chi connectivity index (χ1v) is 12.9. The summed E-state index contributed by atoms with van der Waals surface area (Å²) in [5.74, 6) is 0.186. The van der Waals surface area contributed by atoms with Crippen LogP contribution in [0.4, 0.5) is 11.4 Å². The number of hydrogen-bond donors (Lipinski definition) is 2. The highest BCUT2D eigenvalue weighted by Gasteiger charge is 2.29. The fourth-order valence-corrected chi connectivity index (χ4v) is 5.24. The van der Waals surface area contributed by atoms with Gasteiger partial charge in [0.15, 0.2) is 0 Å². The third-order valence-corrected chi connectivity index (χ3v) is 7.06. The second-order valence-electron chi connectivity index (χ2n) is 9.58. The number of nitrogens with one attached hydrogen (secondary N) is 2. The van der Waals surface area contributed by atoms with Crippen molar-refractivity contribution in [3.8, 4) is 0 Å². The molecule has 0 bridgehead atoms. The molecule has 1 aliphatic carbocycles. The van der Waals surface area contributed by atoms with E-state index in [-0.39, 0.29) is 5.91 Å². The van der Waals surface area contributed by atoms with E-state index in [1.54, 1.807) is 19.1 Å². The second kappa shape index (κ2) is 10.8. The number of anilines is 2. The first-order valence-electron chi connectivity index (χ1n) is 12.9. The molecule has 1 saturated carbocycles. The quantitative estimate of drug-likeness (QED) is 0.285. The highest BCUT2D eigenvalue weighted by Crippen LogP contribution is 2.38. The van der Waals surface area contributed by atoms with Gasteiger partial charge in [-0.1, -0.05) is 80.6 Å². The summed E-state index contributed by atoms with van der Waals surface area (Å²) in [7, 11) is 0. The Morgan fingerprint density at radius 1 is 0.944 bits per heavy atom. The van der Waals surface area contributed by atoms with Gasteiger partial charge < -0.3 is 15.4 Å². The van der Waals surface area contributed by atoms with Gasteiger partial charge in [0.05, 0.1) is 29.1 Å². The summed E-state index contributed by atoms with van der Waals surface area (Å²) < 4.78 is 5.12. The third-order valence-electron chi connectivity index (χ3n) is 7.06. The molecule has 1 heterocycles. The maximum atomic E-state index is 13.2. The number of benzene rings is 3. The van der Waals surface area contributed by atoms with Crippen LogP contribution in [-0.2, 0) is 16.0 Å². The topological polar surface area (TPSA) is 67.4 Å². The van der Waals surface area contributed by atoms with Crippen LogP contribution in [0, 0.1) is 5.92 Å². The molecule has 5 heteroatoms. The number of carbonyl (C=O) groups is 2. The van der Waals surface area contributed by atoms with Crippen LogP contribution in [0.1, 0.15) is 66.1 Å². The SMILES string of the molecule is CCOC(=O)c1ccc2c(c1)NC(=O)C2=C(Nc1ccc(CC2CCCCC2)cc1)c1ccccc1. The predicted molar refractivity (Wildman–Crippen MR) is 145 cm³/mol. The number of rotatable bonds is 7. The van der Waals surface area contributed by atoms with Crippen molar-refractivity contribution in [2.45, 2.75) is 45.4 Å². The molecule has 5 nitrogen and oxygen atoms in total.